The van der Waals surface area contributed by atoms with Gasteiger partial charge in [0.15, 0.2) is 0 Å². The smallest absolute Gasteiger partial charge is 0.251 e. The van der Waals surface area contributed by atoms with E-state index in [-0.39, 0.29) is 5.56 Å². The molecule has 1 rings (SSSR count). The highest BCUT2D eigenvalue weighted by molar-refractivity contribution is 5.14. The van der Waals surface area contributed by atoms with Crippen LogP contribution in [0, 0.1) is 6.07 Å². The molecule has 0 spiro atoms. The first-order chi connectivity index (χ1) is 4.83. The van der Waals surface area contributed by atoms with Crippen LogP contribution < -0.4 is 10.3 Å². The molecule has 0 fully saturated rings. The first kappa shape index (κ1) is 6.86. The van der Waals surface area contributed by atoms with E-state index in [1.165, 1.54) is 12.3 Å². The van der Waals surface area contributed by atoms with Gasteiger partial charge in [0.2, 0.25) is 0 Å². The number of nitrogens with one attached hydrogen (secondary N) is 1. The molecule has 0 aliphatic rings. The van der Waals surface area contributed by atoms with Gasteiger partial charge in [-0.3, -0.25) is 4.79 Å². The van der Waals surface area contributed by atoms with Crippen LogP contribution in [-0.4, -0.2) is 11.6 Å². The number of hydrogen-bond acceptors (Lipinski definition) is 2. The van der Waals surface area contributed by atoms with Crippen molar-refractivity contribution in [1.82, 2.24) is 4.98 Å². The minimum absolute atomic E-state index is 0.165. The minimum Gasteiger partial charge on any atom is -0.493 e. The van der Waals surface area contributed by atoms with Crippen molar-refractivity contribution in [1.29, 1.82) is 0 Å². The molecule has 0 saturated carbocycles. The highest BCUT2D eigenvalue weighted by Crippen LogP contribution is 2.01. The molecule has 1 N–H and O–H groups in total. The predicted octanol–water partition coefficient (Wildman–Crippen LogP) is 0.574. The van der Waals surface area contributed by atoms with Crippen molar-refractivity contribution in [2.75, 3.05) is 6.61 Å². The van der Waals surface area contributed by atoms with Crippen LogP contribution in [0.4, 0.5) is 0 Å². The van der Waals surface area contributed by atoms with Gasteiger partial charge in [0.05, 0.1) is 6.61 Å². The summed E-state index contributed by atoms with van der Waals surface area (Å²) in [6, 6.07) is 4.10. The Morgan fingerprint density at radius 3 is 3.20 bits per heavy atom. The second-order valence-corrected chi connectivity index (χ2v) is 1.74. The van der Waals surface area contributed by atoms with Crippen LogP contribution in [0.25, 0.3) is 0 Å². The Labute approximate surface area is 58.7 Å². The molecule has 1 aromatic rings. The summed E-state index contributed by atoms with van der Waals surface area (Å²) in [4.78, 5) is 13.0. The van der Waals surface area contributed by atoms with Crippen LogP contribution in [0.5, 0.6) is 5.75 Å². The summed E-state index contributed by atoms with van der Waals surface area (Å²) < 4.78 is 5.01. The van der Waals surface area contributed by atoms with Crippen molar-refractivity contribution in [3.63, 3.8) is 0 Å². The standard InChI is InChI=1S/C7H8NO2/c1-2-10-6-3-4-8-7(9)5-6/h4-5H,2H2,1H3,(H,8,9). The van der Waals surface area contributed by atoms with Gasteiger partial charge in [-0.15, -0.1) is 0 Å². The molecule has 0 saturated heterocycles. The molecule has 3 heteroatoms. The Kier molecular flexibility index (Phi) is 2.10. The summed E-state index contributed by atoms with van der Waals surface area (Å²) in [7, 11) is 0. The third kappa shape index (κ3) is 1.62. The Bertz CT molecular complexity index is 254. The SMILES string of the molecule is CCOc1[c]c[nH]c(=O)c1. The molecule has 1 heterocycles. The molecule has 0 aromatic carbocycles. The van der Waals surface area contributed by atoms with Crippen LogP contribution in [-0.2, 0) is 0 Å². The zero-order valence-electron chi connectivity index (χ0n) is 5.68. The second-order valence-electron chi connectivity index (χ2n) is 1.74. The number of hydrogen-bond donors (Lipinski definition) is 1. The average molecular weight is 138 g/mol. The zero-order chi connectivity index (χ0) is 7.40. The van der Waals surface area contributed by atoms with E-state index in [9.17, 15) is 4.79 Å². The Morgan fingerprint density at radius 1 is 1.80 bits per heavy atom. The summed E-state index contributed by atoms with van der Waals surface area (Å²) in [5, 5.41) is 0. The molecule has 0 amide bonds. The Morgan fingerprint density at radius 2 is 2.60 bits per heavy atom. The van der Waals surface area contributed by atoms with Crippen molar-refractivity contribution in [2.24, 2.45) is 0 Å². The largest absolute Gasteiger partial charge is 0.493 e. The van der Waals surface area contributed by atoms with Gasteiger partial charge in [0.25, 0.3) is 5.56 Å². The Hall–Kier alpha value is -1.25. The minimum atomic E-state index is -0.165. The summed E-state index contributed by atoms with van der Waals surface area (Å²) >= 11 is 0. The van der Waals surface area contributed by atoms with Crippen molar-refractivity contribution >= 4 is 0 Å². The topological polar surface area (TPSA) is 42.1 Å². The molecule has 0 aliphatic heterocycles. The quantitative estimate of drug-likeness (QED) is 0.649. The molecule has 10 heavy (non-hydrogen) atoms. The lowest BCUT2D eigenvalue weighted by Crippen LogP contribution is -2.03. The number of aromatic amines is 1. The van der Waals surface area contributed by atoms with Crippen LogP contribution in [0.2, 0.25) is 0 Å². The number of rotatable bonds is 2. The predicted molar refractivity (Wildman–Crippen MR) is 37.1 cm³/mol. The van der Waals surface area contributed by atoms with Crippen LogP contribution >= 0.6 is 0 Å². The maximum absolute atomic E-state index is 10.6. The number of pyridine rings is 1. The number of H-pyrrole nitrogens is 1. The molecular weight excluding hydrogens is 130 g/mol. The highest BCUT2D eigenvalue weighted by atomic mass is 16.5. The van der Waals surface area contributed by atoms with Gasteiger partial charge in [0, 0.05) is 18.3 Å². The van der Waals surface area contributed by atoms with Gasteiger partial charge in [-0.05, 0) is 6.92 Å². The van der Waals surface area contributed by atoms with Gasteiger partial charge >= 0.3 is 0 Å². The van der Waals surface area contributed by atoms with Crippen molar-refractivity contribution in [2.45, 2.75) is 6.92 Å². The lowest BCUT2D eigenvalue weighted by molar-refractivity contribution is 0.338. The lowest BCUT2D eigenvalue weighted by atomic mass is 10.4. The van der Waals surface area contributed by atoms with E-state index in [0.717, 1.165) is 0 Å². The van der Waals surface area contributed by atoms with E-state index >= 15 is 0 Å². The van der Waals surface area contributed by atoms with E-state index in [1.54, 1.807) is 0 Å². The van der Waals surface area contributed by atoms with Gasteiger partial charge in [-0.1, -0.05) is 0 Å². The van der Waals surface area contributed by atoms with Gasteiger partial charge in [0.1, 0.15) is 5.75 Å². The molecular formula is C7H8NO2. The van der Waals surface area contributed by atoms with Crippen LogP contribution in [0.1, 0.15) is 6.92 Å². The van der Waals surface area contributed by atoms with Gasteiger partial charge in [-0.2, -0.15) is 0 Å². The third-order valence-corrected chi connectivity index (χ3v) is 0.991. The summed E-state index contributed by atoms with van der Waals surface area (Å²) in [6.45, 7) is 2.41. The van der Waals surface area contributed by atoms with E-state index in [4.69, 9.17) is 4.74 Å². The van der Waals surface area contributed by atoms with E-state index in [1.807, 2.05) is 6.92 Å². The fraction of sp³-hybridized carbons (Fsp3) is 0.286. The van der Waals surface area contributed by atoms with Crippen LogP contribution in [0.3, 0.4) is 0 Å². The Balaban J connectivity index is 2.85. The zero-order valence-corrected chi connectivity index (χ0v) is 5.68. The fourth-order valence-electron chi connectivity index (χ4n) is 0.620. The van der Waals surface area contributed by atoms with Crippen LogP contribution in [0.15, 0.2) is 17.1 Å². The van der Waals surface area contributed by atoms with Gasteiger partial charge < -0.3 is 9.72 Å². The average Bonchev–Trinajstić information content (AvgIpc) is 1.88. The molecule has 0 bridgehead atoms. The molecule has 1 aromatic heterocycles. The maximum Gasteiger partial charge on any atom is 0.251 e. The first-order valence-electron chi connectivity index (χ1n) is 3.06. The fourth-order valence-corrected chi connectivity index (χ4v) is 0.620. The van der Waals surface area contributed by atoms with Crippen molar-refractivity contribution in [3.8, 4) is 5.75 Å². The molecule has 0 aliphatic carbocycles. The van der Waals surface area contributed by atoms with Gasteiger partial charge in [-0.25, -0.2) is 0 Å². The monoisotopic (exact) mass is 138 g/mol. The second kappa shape index (κ2) is 3.06. The molecule has 53 valence electrons. The van der Waals surface area contributed by atoms with Crippen molar-refractivity contribution < 1.29 is 4.74 Å². The molecule has 0 atom stereocenters. The number of aromatic nitrogens is 1. The summed E-state index contributed by atoms with van der Waals surface area (Å²) in [6.07, 6.45) is 1.44. The van der Waals surface area contributed by atoms with Crippen molar-refractivity contribution in [3.05, 3.63) is 28.7 Å². The number of ether oxygens (including phenoxy) is 1. The highest BCUT2D eigenvalue weighted by Gasteiger charge is 1.90. The van der Waals surface area contributed by atoms with E-state index in [2.05, 4.69) is 11.1 Å². The normalized spacial score (nSPS) is 9.30. The molecule has 0 unspecified atom stereocenters. The van der Waals surface area contributed by atoms with E-state index < -0.39 is 0 Å². The molecule has 3 nitrogen and oxygen atoms in total. The lowest BCUT2D eigenvalue weighted by Gasteiger charge is -1.98. The molecule has 1 radical (unpaired) electrons. The maximum atomic E-state index is 10.6. The summed E-state index contributed by atoms with van der Waals surface area (Å²) in [5.74, 6) is 0.492. The van der Waals surface area contributed by atoms with E-state index in [0.29, 0.717) is 12.4 Å². The summed E-state index contributed by atoms with van der Waals surface area (Å²) in [5.41, 5.74) is -0.165. The first-order valence-corrected chi connectivity index (χ1v) is 3.06. The third-order valence-electron chi connectivity index (χ3n) is 0.991.